The molecular weight excluding hydrogens is 424 g/mol. The molecule has 0 spiro atoms. The molecule has 4 nitrogen and oxygen atoms in total. The van der Waals surface area contributed by atoms with Crippen molar-refractivity contribution in [2.75, 3.05) is 6.61 Å². The maximum Gasteiger partial charge on any atom is 0.163 e. The van der Waals surface area contributed by atoms with Crippen LogP contribution in [0.5, 0.6) is 5.75 Å². The zero-order valence-electron chi connectivity index (χ0n) is 22.8. The number of benzene rings is 1. The van der Waals surface area contributed by atoms with E-state index in [1.165, 1.54) is 0 Å². The molecule has 1 fully saturated rings. The van der Waals surface area contributed by atoms with Gasteiger partial charge in [0.15, 0.2) is 11.6 Å². The fraction of sp³-hybridized carbons (Fsp3) is 0.633. The molecule has 0 aliphatic carbocycles. The Morgan fingerprint density at radius 1 is 1.15 bits per heavy atom. The highest BCUT2D eigenvalue weighted by Gasteiger charge is 2.43. The predicted molar refractivity (Wildman–Crippen MR) is 141 cm³/mol. The van der Waals surface area contributed by atoms with Gasteiger partial charge in [-0.05, 0) is 81.5 Å². The van der Waals surface area contributed by atoms with Crippen LogP contribution >= 0.6 is 0 Å². The molecule has 34 heavy (non-hydrogen) atoms. The normalized spacial score (nSPS) is 22.6. The maximum atomic E-state index is 12.5. The standard InChI is InChI=1S/C30H46O4/c1-11-16-32-25-17-23(7)28(24(8)31)26(18-25)21(5)14-15-27-29(34-30(9,10)33-27)22(6)13-12-20(4)19(2)3/h11-13,17-22,27,29H,1,14-16H2,2-10H3/b13-12-/t20-,21?,22-,27+,29?/m1/s1. The number of carbonyl (C=O) groups is 1. The molecule has 190 valence electrons. The molecular formula is C30H46O4. The third-order valence-electron chi connectivity index (χ3n) is 6.98. The largest absolute Gasteiger partial charge is 0.490 e. The van der Waals surface area contributed by atoms with Crippen molar-refractivity contribution in [2.45, 2.75) is 99.1 Å². The van der Waals surface area contributed by atoms with Crippen LogP contribution < -0.4 is 4.74 Å². The van der Waals surface area contributed by atoms with Crippen LogP contribution in [-0.4, -0.2) is 30.4 Å². The molecule has 1 aliphatic heterocycles. The summed E-state index contributed by atoms with van der Waals surface area (Å²) in [6.07, 6.45) is 8.09. The quantitative estimate of drug-likeness (QED) is 0.232. The second kappa shape index (κ2) is 12.2. The lowest BCUT2D eigenvalue weighted by atomic mass is 9.85. The summed E-state index contributed by atoms with van der Waals surface area (Å²) in [4.78, 5) is 12.5. The molecule has 0 N–H and O–H groups in total. The highest BCUT2D eigenvalue weighted by Crippen LogP contribution is 2.38. The number of ketones is 1. The third kappa shape index (κ3) is 7.55. The molecule has 1 heterocycles. The summed E-state index contributed by atoms with van der Waals surface area (Å²) in [7, 11) is 0. The van der Waals surface area contributed by atoms with Gasteiger partial charge in [-0.2, -0.15) is 0 Å². The summed E-state index contributed by atoms with van der Waals surface area (Å²) in [5.41, 5.74) is 2.80. The number of hydrogen-bond acceptors (Lipinski definition) is 4. The lowest BCUT2D eigenvalue weighted by molar-refractivity contribution is -0.149. The monoisotopic (exact) mass is 470 g/mol. The van der Waals surface area contributed by atoms with Crippen molar-refractivity contribution in [3.05, 3.63) is 53.6 Å². The van der Waals surface area contributed by atoms with Crippen molar-refractivity contribution in [1.29, 1.82) is 0 Å². The second-order valence-electron chi connectivity index (χ2n) is 10.8. The molecule has 2 unspecified atom stereocenters. The van der Waals surface area contributed by atoms with Crippen molar-refractivity contribution >= 4 is 5.78 Å². The van der Waals surface area contributed by atoms with E-state index < -0.39 is 5.79 Å². The number of allylic oxidation sites excluding steroid dienone is 1. The summed E-state index contributed by atoms with van der Waals surface area (Å²) >= 11 is 0. The van der Waals surface area contributed by atoms with Crippen LogP contribution in [0.1, 0.15) is 95.6 Å². The molecule has 0 aromatic heterocycles. The Morgan fingerprint density at radius 2 is 1.82 bits per heavy atom. The molecule has 0 saturated carbocycles. The Balaban J connectivity index is 2.19. The van der Waals surface area contributed by atoms with Crippen LogP contribution in [0.25, 0.3) is 0 Å². The number of aryl methyl sites for hydroxylation is 1. The molecule has 1 aromatic carbocycles. The van der Waals surface area contributed by atoms with Crippen LogP contribution in [0, 0.1) is 24.7 Å². The maximum absolute atomic E-state index is 12.5. The minimum Gasteiger partial charge on any atom is -0.490 e. The first-order valence-corrected chi connectivity index (χ1v) is 12.8. The van der Waals surface area contributed by atoms with E-state index in [0.717, 1.165) is 35.3 Å². The first-order valence-electron chi connectivity index (χ1n) is 12.8. The number of carbonyl (C=O) groups excluding carboxylic acids is 1. The number of ether oxygens (including phenoxy) is 3. The molecule has 5 atom stereocenters. The molecule has 0 amide bonds. The summed E-state index contributed by atoms with van der Waals surface area (Å²) in [5.74, 6) is 1.86. The SMILES string of the molecule is C=CCOc1cc(C)c(C(C)=O)c(C(C)CC[C@@H]2OC(C)(C)OC2[C@H](C)/C=C\[C@@H](C)C(C)C)c1. The van der Waals surface area contributed by atoms with Gasteiger partial charge in [0.25, 0.3) is 0 Å². The lowest BCUT2D eigenvalue weighted by Crippen LogP contribution is -2.29. The second-order valence-corrected chi connectivity index (χ2v) is 10.8. The average Bonchev–Trinajstić information content (AvgIpc) is 3.07. The minimum atomic E-state index is -0.593. The van der Waals surface area contributed by atoms with Gasteiger partial charge in [0.05, 0.1) is 12.2 Å². The number of Topliss-reactive ketones (excluding diaryl/α,β-unsaturated/α-hetero) is 1. The van der Waals surface area contributed by atoms with Crippen molar-refractivity contribution in [2.24, 2.45) is 17.8 Å². The van der Waals surface area contributed by atoms with Gasteiger partial charge in [-0.1, -0.05) is 59.4 Å². The van der Waals surface area contributed by atoms with Crippen LogP contribution in [0.2, 0.25) is 0 Å². The highest BCUT2D eigenvalue weighted by molar-refractivity contribution is 5.97. The van der Waals surface area contributed by atoms with Crippen molar-refractivity contribution < 1.29 is 19.0 Å². The first-order chi connectivity index (χ1) is 15.9. The summed E-state index contributed by atoms with van der Waals surface area (Å²) in [5, 5.41) is 0. The van der Waals surface area contributed by atoms with Crippen molar-refractivity contribution in [3.8, 4) is 5.75 Å². The summed E-state index contributed by atoms with van der Waals surface area (Å²) in [6.45, 7) is 22.9. The Labute approximate surface area is 207 Å². The Kier molecular flexibility index (Phi) is 10.1. The lowest BCUT2D eigenvalue weighted by Gasteiger charge is -2.24. The van der Waals surface area contributed by atoms with E-state index in [4.69, 9.17) is 14.2 Å². The van der Waals surface area contributed by atoms with Crippen LogP contribution in [0.15, 0.2) is 36.9 Å². The van der Waals surface area contributed by atoms with E-state index in [2.05, 4.69) is 53.3 Å². The smallest absolute Gasteiger partial charge is 0.163 e. The van der Waals surface area contributed by atoms with E-state index in [9.17, 15) is 4.79 Å². The first kappa shape index (κ1) is 28.3. The molecule has 1 aromatic rings. The Bertz CT molecular complexity index is 867. The molecule has 4 heteroatoms. The summed E-state index contributed by atoms with van der Waals surface area (Å²) < 4.78 is 18.5. The molecule has 1 aliphatic rings. The van der Waals surface area contributed by atoms with E-state index in [0.29, 0.717) is 18.4 Å². The zero-order valence-corrected chi connectivity index (χ0v) is 22.8. The van der Waals surface area contributed by atoms with Gasteiger partial charge in [0.2, 0.25) is 0 Å². The molecule has 0 radical (unpaired) electrons. The van der Waals surface area contributed by atoms with E-state index >= 15 is 0 Å². The average molecular weight is 471 g/mol. The third-order valence-corrected chi connectivity index (χ3v) is 6.98. The van der Waals surface area contributed by atoms with E-state index in [1.807, 2.05) is 32.9 Å². The van der Waals surface area contributed by atoms with Crippen LogP contribution in [0.3, 0.4) is 0 Å². The fourth-order valence-electron chi connectivity index (χ4n) is 4.67. The van der Waals surface area contributed by atoms with Gasteiger partial charge < -0.3 is 14.2 Å². The van der Waals surface area contributed by atoms with Gasteiger partial charge >= 0.3 is 0 Å². The van der Waals surface area contributed by atoms with Crippen LogP contribution in [-0.2, 0) is 9.47 Å². The van der Waals surface area contributed by atoms with Crippen LogP contribution in [0.4, 0.5) is 0 Å². The fourth-order valence-corrected chi connectivity index (χ4v) is 4.67. The van der Waals surface area contributed by atoms with Gasteiger partial charge in [-0.15, -0.1) is 0 Å². The summed E-state index contributed by atoms with van der Waals surface area (Å²) in [6, 6.07) is 3.96. The number of rotatable bonds is 12. The zero-order chi connectivity index (χ0) is 25.6. The van der Waals surface area contributed by atoms with Gasteiger partial charge in [-0.3, -0.25) is 4.79 Å². The predicted octanol–water partition coefficient (Wildman–Crippen LogP) is 7.65. The van der Waals surface area contributed by atoms with Crippen molar-refractivity contribution in [1.82, 2.24) is 0 Å². The molecule has 1 saturated heterocycles. The Morgan fingerprint density at radius 3 is 2.41 bits per heavy atom. The molecule has 0 bridgehead atoms. The topological polar surface area (TPSA) is 44.8 Å². The highest BCUT2D eigenvalue weighted by atomic mass is 16.8. The van der Waals surface area contributed by atoms with E-state index in [1.54, 1.807) is 13.0 Å². The van der Waals surface area contributed by atoms with E-state index in [-0.39, 0.29) is 29.8 Å². The van der Waals surface area contributed by atoms with Gasteiger partial charge in [-0.25, -0.2) is 0 Å². The van der Waals surface area contributed by atoms with Crippen molar-refractivity contribution in [3.63, 3.8) is 0 Å². The van der Waals surface area contributed by atoms with Gasteiger partial charge in [0.1, 0.15) is 12.4 Å². The minimum absolute atomic E-state index is 0.00790. The number of hydrogen-bond donors (Lipinski definition) is 0. The molecule has 2 rings (SSSR count). The van der Waals surface area contributed by atoms with Gasteiger partial charge in [0, 0.05) is 11.5 Å². The Hall–Kier alpha value is -1.91.